The highest BCUT2D eigenvalue weighted by molar-refractivity contribution is 6.00. The maximum absolute atomic E-state index is 13.4. The van der Waals surface area contributed by atoms with Crippen molar-refractivity contribution in [3.8, 4) is 0 Å². The zero-order chi connectivity index (χ0) is 19.0. The highest BCUT2D eigenvalue weighted by atomic mass is 16.5. The molecule has 4 rings (SSSR count). The number of esters is 1. The molecule has 138 valence electrons. The normalized spacial score (nSPS) is 16.2. The predicted molar refractivity (Wildman–Crippen MR) is 103 cm³/mol. The Bertz CT molecular complexity index is 1020. The van der Waals surface area contributed by atoms with E-state index in [0.717, 1.165) is 22.0 Å². The zero-order valence-corrected chi connectivity index (χ0v) is 15.5. The first kappa shape index (κ1) is 17.3. The molecule has 0 fully saturated rings. The number of ether oxygens (including phenoxy) is 1. The average Bonchev–Trinajstić information content (AvgIpc) is 3.03. The molecule has 27 heavy (non-hydrogen) atoms. The molecule has 1 aliphatic heterocycles. The van der Waals surface area contributed by atoms with Crippen molar-refractivity contribution in [2.75, 3.05) is 6.61 Å². The summed E-state index contributed by atoms with van der Waals surface area (Å²) in [7, 11) is 1.88. The Morgan fingerprint density at radius 1 is 1.07 bits per heavy atom. The lowest BCUT2D eigenvalue weighted by atomic mass is 9.93. The number of amides is 1. The summed E-state index contributed by atoms with van der Waals surface area (Å²) in [5, 5.41) is 1.01. The standard InChI is InChI=1S/C22H22N2O3/c1-3-27-22(26)20-12-15-8-4-5-10-17(15)14-24(20)21(25)19-13-16-9-6-7-11-18(16)23(19)2/h4-11,13,20H,3,12,14H2,1-2H3. The van der Waals surface area contributed by atoms with Gasteiger partial charge < -0.3 is 14.2 Å². The number of aryl methyl sites for hydroxylation is 1. The number of hydrogen-bond acceptors (Lipinski definition) is 3. The van der Waals surface area contributed by atoms with E-state index in [2.05, 4.69) is 0 Å². The fourth-order valence-corrected chi connectivity index (χ4v) is 3.83. The summed E-state index contributed by atoms with van der Waals surface area (Å²) in [6.07, 6.45) is 0.477. The smallest absolute Gasteiger partial charge is 0.329 e. The van der Waals surface area contributed by atoms with Crippen molar-refractivity contribution >= 4 is 22.8 Å². The predicted octanol–water partition coefficient (Wildman–Crippen LogP) is 3.31. The number of aromatic nitrogens is 1. The number of carbonyl (C=O) groups excluding carboxylic acids is 2. The molecule has 1 atom stereocenters. The van der Waals surface area contributed by atoms with Crippen molar-refractivity contribution in [3.63, 3.8) is 0 Å². The van der Waals surface area contributed by atoms with Crippen molar-refractivity contribution in [1.29, 1.82) is 0 Å². The van der Waals surface area contributed by atoms with Crippen molar-refractivity contribution in [2.45, 2.75) is 25.9 Å². The molecule has 2 heterocycles. The summed E-state index contributed by atoms with van der Waals surface area (Å²) in [4.78, 5) is 27.7. The van der Waals surface area contributed by atoms with Crippen LogP contribution in [0.3, 0.4) is 0 Å². The van der Waals surface area contributed by atoms with Gasteiger partial charge in [-0.3, -0.25) is 4.79 Å². The van der Waals surface area contributed by atoms with Crippen LogP contribution in [-0.2, 0) is 29.5 Å². The van der Waals surface area contributed by atoms with E-state index in [0.29, 0.717) is 25.3 Å². The number of benzene rings is 2. The molecule has 0 spiro atoms. The van der Waals surface area contributed by atoms with Gasteiger partial charge in [0.1, 0.15) is 11.7 Å². The number of para-hydroxylation sites is 1. The fourth-order valence-electron chi connectivity index (χ4n) is 3.83. The molecule has 5 heteroatoms. The number of carbonyl (C=O) groups is 2. The van der Waals surface area contributed by atoms with Crippen LogP contribution >= 0.6 is 0 Å². The van der Waals surface area contributed by atoms with Gasteiger partial charge in [-0.1, -0.05) is 42.5 Å². The third-order valence-electron chi connectivity index (χ3n) is 5.24. The lowest BCUT2D eigenvalue weighted by Crippen LogP contribution is -2.49. The van der Waals surface area contributed by atoms with Gasteiger partial charge in [-0.05, 0) is 30.2 Å². The number of nitrogens with zero attached hydrogens (tertiary/aromatic N) is 2. The first-order valence-corrected chi connectivity index (χ1v) is 9.19. The van der Waals surface area contributed by atoms with E-state index >= 15 is 0 Å². The van der Waals surface area contributed by atoms with E-state index in [4.69, 9.17) is 4.74 Å². The van der Waals surface area contributed by atoms with Crippen LogP contribution in [0.25, 0.3) is 10.9 Å². The quantitative estimate of drug-likeness (QED) is 0.672. The van der Waals surface area contributed by atoms with E-state index in [1.807, 2.05) is 66.2 Å². The Morgan fingerprint density at radius 2 is 1.78 bits per heavy atom. The van der Waals surface area contributed by atoms with Crippen LogP contribution in [0, 0.1) is 0 Å². The van der Waals surface area contributed by atoms with Crippen LogP contribution in [0.4, 0.5) is 0 Å². The van der Waals surface area contributed by atoms with Crippen molar-refractivity contribution in [3.05, 3.63) is 71.4 Å². The molecule has 2 aromatic carbocycles. The first-order valence-electron chi connectivity index (χ1n) is 9.19. The van der Waals surface area contributed by atoms with Gasteiger partial charge in [-0.2, -0.15) is 0 Å². The molecule has 0 saturated carbocycles. The van der Waals surface area contributed by atoms with Gasteiger partial charge in [0.05, 0.1) is 6.61 Å². The summed E-state index contributed by atoms with van der Waals surface area (Å²) in [5.41, 5.74) is 3.73. The van der Waals surface area contributed by atoms with Crippen LogP contribution in [0.5, 0.6) is 0 Å². The Hall–Kier alpha value is -3.08. The van der Waals surface area contributed by atoms with Crippen LogP contribution in [0.15, 0.2) is 54.6 Å². The van der Waals surface area contributed by atoms with Gasteiger partial charge in [0.15, 0.2) is 0 Å². The third-order valence-corrected chi connectivity index (χ3v) is 5.24. The van der Waals surface area contributed by atoms with E-state index in [-0.39, 0.29) is 11.9 Å². The van der Waals surface area contributed by atoms with Gasteiger partial charge in [0.25, 0.3) is 5.91 Å². The maximum Gasteiger partial charge on any atom is 0.329 e. The minimum atomic E-state index is -0.606. The van der Waals surface area contributed by atoms with Crippen LogP contribution in [0.1, 0.15) is 28.5 Å². The summed E-state index contributed by atoms with van der Waals surface area (Å²) in [6.45, 7) is 2.48. The molecular weight excluding hydrogens is 340 g/mol. The van der Waals surface area contributed by atoms with Gasteiger partial charge in [-0.25, -0.2) is 4.79 Å². The van der Waals surface area contributed by atoms with Crippen LogP contribution < -0.4 is 0 Å². The summed E-state index contributed by atoms with van der Waals surface area (Å²) in [6, 6.07) is 17.1. The molecule has 5 nitrogen and oxygen atoms in total. The second kappa shape index (κ2) is 6.91. The lowest BCUT2D eigenvalue weighted by molar-refractivity contribution is -0.149. The fraction of sp³-hybridized carbons (Fsp3) is 0.273. The number of hydrogen-bond donors (Lipinski definition) is 0. The first-order chi connectivity index (χ1) is 13.1. The van der Waals surface area contributed by atoms with Gasteiger partial charge in [0, 0.05) is 30.9 Å². The zero-order valence-electron chi connectivity index (χ0n) is 15.5. The second-order valence-electron chi connectivity index (χ2n) is 6.82. The highest BCUT2D eigenvalue weighted by Gasteiger charge is 2.36. The molecule has 0 aliphatic carbocycles. The molecule has 1 aromatic heterocycles. The summed E-state index contributed by atoms with van der Waals surface area (Å²) < 4.78 is 7.15. The second-order valence-corrected chi connectivity index (χ2v) is 6.82. The molecule has 1 unspecified atom stereocenters. The monoisotopic (exact) mass is 362 g/mol. The third kappa shape index (κ3) is 2.99. The van der Waals surface area contributed by atoms with E-state index in [1.165, 1.54) is 0 Å². The topological polar surface area (TPSA) is 51.5 Å². The Labute approximate surface area is 158 Å². The molecule has 0 saturated heterocycles. The van der Waals surface area contributed by atoms with E-state index in [1.54, 1.807) is 11.8 Å². The molecular formula is C22H22N2O3. The van der Waals surface area contributed by atoms with Gasteiger partial charge in [0.2, 0.25) is 0 Å². The maximum atomic E-state index is 13.4. The van der Waals surface area contributed by atoms with E-state index in [9.17, 15) is 9.59 Å². The molecule has 1 amide bonds. The minimum absolute atomic E-state index is 0.152. The SMILES string of the molecule is CCOC(=O)C1Cc2ccccc2CN1C(=O)c1cc2ccccc2n1C. The molecule has 1 aliphatic rings. The number of fused-ring (bicyclic) bond motifs is 2. The highest BCUT2D eigenvalue weighted by Crippen LogP contribution is 2.27. The van der Waals surface area contributed by atoms with Crippen molar-refractivity contribution in [2.24, 2.45) is 7.05 Å². The molecule has 3 aromatic rings. The Morgan fingerprint density at radius 3 is 2.52 bits per heavy atom. The average molecular weight is 362 g/mol. The lowest BCUT2D eigenvalue weighted by Gasteiger charge is -2.35. The van der Waals surface area contributed by atoms with E-state index < -0.39 is 6.04 Å². The largest absolute Gasteiger partial charge is 0.464 e. The molecule has 0 N–H and O–H groups in total. The number of rotatable bonds is 3. The van der Waals surface area contributed by atoms with Crippen LogP contribution in [-0.4, -0.2) is 34.0 Å². The Balaban J connectivity index is 1.75. The van der Waals surface area contributed by atoms with Crippen molar-refractivity contribution < 1.29 is 14.3 Å². The van der Waals surface area contributed by atoms with Crippen molar-refractivity contribution in [1.82, 2.24) is 9.47 Å². The van der Waals surface area contributed by atoms with Gasteiger partial charge in [-0.15, -0.1) is 0 Å². The van der Waals surface area contributed by atoms with Crippen LogP contribution in [0.2, 0.25) is 0 Å². The molecule has 0 radical (unpaired) electrons. The van der Waals surface area contributed by atoms with Gasteiger partial charge >= 0.3 is 5.97 Å². The Kier molecular flexibility index (Phi) is 4.44. The summed E-state index contributed by atoms with van der Waals surface area (Å²) >= 11 is 0. The minimum Gasteiger partial charge on any atom is -0.464 e. The molecule has 0 bridgehead atoms. The summed E-state index contributed by atoms with van der Waals surface area (Å²) in [5.74, 6) is -0.500.